The third-order valence-corrected chi connectivity index (χ3v) is 4.09. The SMILES string of the molecule is CCCCCCCCCNC(=O)C(=O)Nc1ccccc1Br. The van der Waals surface area contributed by atoms with E-state index in [0.29, 0.717) is 12.2 Å². The van der Waals surface area contributed by atoms with Crippen LogP contribution in [0, 0.1) is 0 Å². The van der Waals surface area contributed by atoms with Crippen LogP contribution in [-0.4, -0.2) is 18.4 Å². The molecule has 0 heterocycles. The molecule has 0 radical (unpaired) electrons. The fourth-order valence-electron chi connectivity index (χ4n) is 2.11. The first kappa shape index (κ1) is 18.7. The Morgan fingerprint density at radius 3 is 2.27 bits per heavy atom. The second-order valence-electron chi connectivity index (χ2n) is 5.31. The summed E-state index contributed by atoms with van der Waals surface area (Å²) in [5, 5.41) is 5.25. The van der Waals surface area contributed by atoms with Crippen LogP contribution < -0.4 is 10.6 Å². The Kier molecular flexibility index (Phi) is 9.55. The van der Waals surface area contributed by atoms with Crippen LogP contribution >= 0.6 is 15.9 Å². The number of amides is 2. The summed E-state index contributed by atoms with van der Waals surface area (Å²) in [4.78, 5) is 23.5. The van der Waals surface area contributed by atoms with Gasteiger partial charge >= 0.3 is 11.8 Å². The van der Waals surface area contributed by atoms with Gasteiger partial charge in [-0.25, -0.2) is 0 Å². The molecular weight excluding hydrogens is 344 g/mol. The van der Waals surface area contributed by atoms with Gasteiger partial charge in [0.2, 0.25) is 0 Å². The van der Waals surface area contributed by atoms with Gasteiger partial charge in [-0.1, -0.05) is 57.6 Å². The van der Waals surface area contributed by atoms with Gasteiger partial charge in [-0.2, -0.15) is 0 Å². The Morgan fingerprint density at radius 2 is 1.59 bits per heavy atom. The lowest BCUT2D eigenvalue weighted by Crippen LogP contribution is -2.35. The van der Waals surface area contributed by atoms with Crippen molar-refractivity contribution in [2.24, 2.45) is 0 Å². The molecule has 0 fully saturated rings. The molecule has 1 aromatic rings. The number of anilines is 1. The number of nitrogens with one attached hydrogen (secondary N) is 2. The van der Waals surface area contributed by atoms with Crippen molar-refractivity contribution in [2.45, 2.75) is 51.9 Å². The Labute approximate surface area is 141 Å². The van der Waals surface area contributed by atoms with E-state index in [1.807, 2.05) is 12.1 Å². The van der Waals surface area contributed by atoms with Gasteiger partial charge in [0.25, 0.3) is 0 Å². The van der Waals surface area contributed by atoms with Gasteiger partial charge in [0.1, 0.15) is 0 Å². The molecule has 0 spiro atoms. The van der Waals surface area contributed by atoms with Crippen molar-refractivity contribution in [1.29, 1.82) is 0 Å². The Balaban J connectivity index is 2.14. The van der Waals surface area contributed by atoms with Gasteiger partial charge in [-0.15, -0.1) is 0 Å². The molecule has 1 aromatic carbocycles. The van der Waals surface area contributed by atoms with Crippen molar-refractivity contribution in [3.8, 4) is 0 Å². The fraction of sp³-hybridized carbons (Fsp3) is 0.529. The summed E-state index contributed by atoms with van der Waals surface area (Å²) in [5.41, 5.74) is 0.596. The van der Waals surface area contributed by atoms with E-state index in [0.717, 1.165) is 17.3 Å². The average Bonchev–Trinajstić information content (AvgIpc) is 2.52. The van der Waals surface area contributed by atoms with Gasteiger partial charge in [-0.3, -0.25) is 9.59 Å². The highest BCUT2D eigenvalue weighted by molar-refractivity contribution is 9.10. The topological polar surface area (TPSA) is 58.2 Å². The summed E-state index contributed by atoms with van der Waals surface area (Å²) in [6, 6.07) is 7.20. The molecule has 22 heavy (non-hydrogen) atoms. The maximum atomic E-state index is 11.8. The van der Waals surface area contributed by atoms with E-state index in [2.05, 4.69) is 33.5 Å². The number of hydrogen-bond donors (Lipinski definition) is 2. The normalized spacial score (nSPS) is 10.3. The molecule has 0 saturated carbocycles. The molecule has 5 heteroatoms. The highest BCUT2D eigenvalue weighted by Crippen LogP contribution is 2.20. The average molecular weight is 369 g/mol. The van der Waals surface area contributed by atoms with Crippen molar-refractivity contribution in [3.63, 3.8) is 0 Å². The van der Waals surface area contributed by atoms with Crippen LogP contribution in [0.5, 0.6) is 0 Å². The number of unbranched alkanes of at least 4 members (excludes halogenated alkanes) is 6. The summed E-state index contributed by atoms with van der Waals surface area (Å²) in [5.74, 6) is -1.21. The first-order valence-corrected chi connectivity index (χ1v) is 8.78. The zero-order valence-corrected chi connectivity index (χ0v) is 14.7. The molecule has 0 aromatic heterocycles. The summed E-state index contributed by atoms with van der Waals surface area (Å²) in [6.07, 6.45) is 8.30. The van der Waals surface area contributed by atoms with Gasteiger partial charge in [0.05, 0.1) is 5.69 Å². The first-order valence-electron chi connectivity index (χ1n) is 7.99. The van der Waals surface area contributed by atoms with Crippen LogP contribution in [0.15, 0.2) is 28.7 Å². The minimum Gasteiger partial charge on any atom is -0.348 e. The lowest BCUT2D eigenvalue weighted by molar-refractivity contribution is -0.136. The van der Waals surface area contributed by atoms with Crippen molar-refractivity contribution < 1.29 is 9.59 Å². The smallest absolute Gasteiger partial charge is 0.313 e. The molecule has 0 aliphatic carbocycles. The van der Waals surface area contributed by atoms with Gasteiger partial charge < -0.3 is 10.6 Å². The molecule has 2 N–H and O–H groups in total. The summed E-state index contributed by atoms with van der Waals surface area (Å²) in [7, 11) is 0. The molecule has 122 valence electrons. The first-order chi connectivity index (χ1) is 10.6. The molecule has 2 amide bonds. The third kappa shape index (κ3) is 7.59. The summed E-state index contributed by atoms with van der Waals surface area (Å²) in [6.45, 7) is 2.75. The standard InChI is InChI=1S/C17H25BrN2O2/c1-2-3-4-5-6-7-10-13-19-16(21)17(22)20-15-12-9-8-11-14(15)18/h8-9,11-12H,2-7,10,13H2,1H3,(H,19,21)(H,20,22). The Hall–Kier alpha value is -1.36. The number of carbonyl (C=O) groups excluding carboxylic acids is 2. The molecule has 0 aliphatic heterocycles. The molecular formula is C17H25BrN2O2. The van der Waals surface area contributed by atoms with Crippen LogP contribution in [0.3, 0.4) is 0 Å². The molecule has 0 atom stereocenters. The van der Waals surface area contributed by atoms with Crippen molar-refractivity contribution in [1.82, 2.24) is 5.32 Å². The predicted molar refractivity (Wildman–Crippen MR) is 93.8 cm³/mol. The molecule has 0 unspecified atom stereocenters. The van der Waals surface area contributed by atoms with E-state index < -0.39 is 11.8 Å². The van der Waals surface area contributed by atoms with Crippen LogP contribution in [0.2, 0.25) is 0 Å². The number of para-hydroxylation sites is 1. The highest BCUT2D eigenvalue weighted by Gasteiger charge is 2.13. The zero-order valence-electron chi connectivity index (χ0n) is 13.2. The predicted octanol–water partition coefficient (Wildman–Crippen LogP) is 4.25. The van der Waals surface area contributed by atoms with E-state index in [1.54, 1.807) is 12.1 Å². The van der Waals surface area contributed by atoms with Crippen LogP contribution in [0.1, 0.15) is 51.9 Å². The largest absolute Gasteiger partial charge is 0.348 e. The lowest BCUT2D eigenvalue weighted by atomic mass is 10.1. The highest BCUT2D eigenvalue weighted by atomic mass is 79.9. The molecule has 0 aliphatic rings. The van der Waals surface area contributed by atoms with Crippen LogP contribution in [0.4, 0.5) is 5.69 Å². The number of carbonyl (C=O) groups is 2. The van der Waals surface area contributed by atoms with Gasteiger partial charge in [0.15, 0.2) is 0 Å². The Bertz CT molecular complexity index is 477. The van der Waals surface area contributed by atoms with Gasteiger partial charge in [0, 0.05) is 11.0 Å². The van der Waals surface area contributed by atoms with Crippen molar-refractivity contribution in [2.75, 3.05) is 11.9 Å². The zero-order chi connectivity index (χ0) is 16.2. The molecule has 0 saturated heterocycles. The van der Waals surface area contributed by atoms with E-state index in [1.165, 1.54) is 32.1 Å². The van der Waals surface area contributed by atoms with Crippen LogP contribution in [-0.2, 0) is 9.59 Å². The number of rotatable bonds is 9. The van der Waals surface area contributed by atoms with Gasteiger partial charge in [-0.05, 0) is 34.5 Å². The maximum absolute atomic E-state index is 11.8. The second kappa shape index (κ2) is 11.2. The second-order valence-corrected chi connectivity index (χ2v) is 6.17. The quantitative estimate of drug-likeness (QED) is 0.505. The minimum absolute atomic E-state index is 0.552. The number of benzene rings is 1. The molecule has 0 bridgehead atoms. The maximum Gasteiger partial charge on any atom is 0.313 e. The van der Waals surface area contributed by atoms with Crippen molar-refractivity contribution >= 4 is 33.4 Å². The Morgan fingerprint density at radius 1 is 0.955 bits per heavy atom. The third-order valence-electron chi connectivity index (χ3n) is 3.39. The van der Waals surface area contributed by atoms with Crippen molar-refractivity contribution in [3.05, 3.63) is 28.7 Å². The lowest BCUT2D eigenvalue weighted by Gasteiger charge is -2.08. The van der Waals surface area contributed by atoms with E-state index in [9.17, 15) is 9.59 Å². The van der Waals surface area contributed by atoms with Crippen LogP contribution in [0.25, 0.3) is 0 Å². The molecule has 1 rings (SSSR count). The van der Waals surface area contributed by atoms with E-state index in [4.69, 9.17) is 0 Å². The van der Waals surface area contributed by atoms with E-state index in [-0.39, 0.29) is 0 Å². The fourth-order valence-corrected chi connectivity index (χ4v) is 2.49. The summed E-state index contributed by atoms with van der Waals surface area (Å²) < 4.78 is 0.753. The monoisotopic (exact) mass is 368 g/mol. The van der Waals surface area contributed by atoms with E-state index >= 15 is 0 Å². The number of hydrogen-bond acceptors (Lipinski definition) is 2. The molecule has 4 nitrogen and oxygen atoms in total. The number of halogens is 1. The summed E-state index contributed by atoms with van der Waals surface area (Å²) >= 11 is 3.33. The minimum atomic E-state index is -0.630.